The maximum Gasteiger partial charge on any atom is 0.242 e. The van der Waals surface area contributed by atoms with Crippen molar-refractivity contribution >= 4 is 11.7 Å². The predicted molar refractivity (Wildman–Crippen MR) is 88.8 cm³/mol. The van der Waals surface area contributed by atoms with Crippen LogP contribution in [0.5, 0.6) is 0 Å². The van der Waals surface area contributed by atoms with Crippen LogP contribution in [0.4, 0.5) is 5.82 Å². The summed E-state index contributed by atoms with van der Waals surface area (Å²) in [5.74, 6) is 1.16. The summed E-state index contributed by atoms with van der Waals surface area (Å²) in [6.45, 7) is 1.64. The number of aromatic nitrogens is 5. The molecule has 0 spiro atoms. The van der Waals surface area contributed by atoms with Gasteiger partial charge in [-0.15, -0.1) is 5.10 Å². The van der Waals surface area contributed by atoms with E-state index in [9.17, 15) is 9.90 Å². The fourth-order valence-electron chi connectivity index (χ4n) is 3.42. The second-order valence-electron chi connectivity index (χ2n) is 6.72. The minimum atomic E-state index is -0.272. The first-order valence-corrected chi connectivity index (χ1v) is 8.56. The monoisotopic (exact) mass is 343 g/mol. The minimum Gasteiger partial charge on any atom is -0.391 e. The summed E-state index contributed by atoms with van der Waals surface area (Å²) in [5.41, 5.74) is 1.01. The number of aliphatic hydroxyl groups excluding tert-OH is 1. The van der Waals surface area contributed by atoms with Gasteiger partial charge in [0.15, 0.2) is 0 Å². The van der Waals surface area contributed by atoms with Gasteiger partial charge in [0.1, 0.15) is 18.7 Å². The fraction of sp³-hybridized carbons (Fsp3) is 0.562. The van der Waals surface area contributed by atoms with Crippen molar-refractivity contribution in [2.75, 3.05) is 18.0 Å². The first kappa shape index (κ1) is 15.9. The number of aliphatic hydroxyl groups is 1. The Labute approximate surface area is 145 Å². The van der Waals surface area contributed by atoms with Crippen LogP contribution in [-0.2, 0) is 11.3 Å². The molecular formula is C16H21N7O2. The third kappa shape index (κ3) is 3.60. The Morgan fingerprint density at radius 2 is 2.24 bits per heavy atom. The summed E-state index contributed by atoms with van der Waals surface area (Å²) >= 11 is 0. The van der Waals surface area contributed by atoms with E-state index in [2.05, 4.69) is 30.5 Å². The molecule has 1 aliphatic carbocycles. The number of β-amino-alcohol motifs (C(OH)–C–C–N with tert-alkyl or cyclic N) is 1. The van der Waals surface area contributed by atoms with Gasteiger partial charge < -0.3 is 15.3 Å². The Hall–Kier alpha value is -2.55. The summed E-state index contributed by atoms with van der Waals surface area (Å²) in [4.78, 5) is 22.8. The maximum absolute atomic E-state index is 12.0. The van der Waals surface area contributed by atoms with E-state index < -0.39 is 0 Å². The molecule has 3 heterocycles. The van der Waals surface area contributed by atoms with Crippen molar-refractivity contribution in [3.63, 3.8) is 0 Å². The average Bonchev–Trinajstić information content (AvgIpc) is 3.22. The molecule has 9 heteroatoms. The molecule has 0 unspecified atom stereocenters. The van der Waals surface area contributed by atoms with E-state index in [1.807, 2.05) is 6.07 Å². The first-order chi connectivity index (χ1) is 12.2. The number of rotatable bonds is 5. The lowest BCUT2D eigenvalue weighted by Gasteiger charge is -2.35. The third-order valence-corrected chi connectivity index (χ3v) is 4.86. The summed E-state index contributed by atoms with van der Waals surface area (Å²) in [5, 5.41) is 20.2. The molecule has 2 aliphatic rings. The molecule has 1 atom stereocenters. The van der Waals surface area contributed by atoms with Crippen LogP contribution in [0.15, 0.2) is 24.8 Å². The van der Waals surface area contributed by atoms with Gasteiger partial charge in [0.2, 0.25) is 5.91 Å². The van der Waals surface area contributed by atoms with Crippen LogP contribution in [0.25, 0.3) is 0 Å². The number of carbonyl (C=O) groups excluding carboxylic acids is 1. The van der Waals surface area contributed by atoms with Crippen LogP contribution >= 0.6 is 0 Å². The number of nitrogens with zero attached hydrogens (tertiary/aromatic N) is 6. The Balaban J connectivity index is 1.29. The molecule has 2 N–H and O–H groups in total. The molecule has 0 aromatic carbocycles. The standard InChI is InChI=1S/C16H21N7O2/c24-13-1-3-22(8-13)15-7-14(17-10-18-15)11-5-12(6-11)20-16(25)9-23-4-2-19-21-23/h2,4,7,10-13,24H,1,3,5-6,8-9H2,(H,20,25)/t11?,12?,13-/m0/s1. The van der Waals surface area contributed by atoms with E-state index in [1.165, 1.54) is 4.68 Å². The zero-order valence-electron chi connectivity index (χ0n) is 13.8. The fourth-order valence-corrected chi connectivity index (χ4v) is 3.42. The molecule has 1 saturated heterocycles. The third-order valence-electron chi connectivity index (χ3n) is 4.86. The number of anilines is 1. The second-order valence-corrected chi connectivity index (χ2v) is 6.72. The highest BCUT2D eigenvalue weighted by Gasteiger charge is 2.33. The lowest BCUT2D eigenvalue weighted by atomic mass is 9.78. The number of hydrogen-bond donors (Lipinski definition) is 2. The molecule has 2 aromatic heterocycles. The van der Waals surface area contributed by atoms with E-state index in [1.54, 1.807) is 18.7 Å². The molecule has 1 aliphatic heterocycles. The van der Waals surface area contributed by atoms with Gasteiger partial charge in [-0.1, -0.05) is 5.21 Å². The van der Waals surface area contributed by atoms with E-state index >= 15 is 0 Å². The largest absolute Gasteiger partial charge is 0.391 e. The number of amides is 1. The topological polar surface area (TPSA) is 109 Å². The van der Waals surface area contributed by atoms with Crippen molar-refractivity contribution in [1.29, 1.82) is 0 Å². The normalized spacial score (nSPS) is 25.6. The summed E-state index contributed by atoms with van der Waals surface area (Å²) in [7, 11) is 0. The van der Waals surface area contributed by atoms with Crippen molar-refractivity contribution in [2.24, 2.45) is 0 Å². The quantitative estimate of drug-likeness (QED) is 0.767. The van der Waals surface area contributed by atoms with E-state index in [-0.39, 0.29) is 24.6 Å². The molecule has 2 aromatic rings. The summed E-state index contributed by atoms with van der Waals surface area (Å²) in [6.07, 6.45) is 7.07. The molecule has 1 saturated carbocycles. The highest BCUT2D eigenvalue weighted by atomic mass is 16.3. The molecule has 25 heavy (non-hydrogen) atoms. The van der Waals surface area contributed by atoms with Crippen LogP contribution in [0.2, 0.25) is 0 Å². The van der Waals surface area contributed by atoms with Gasteiger partial charge in [-0.2, -0.15) is 0 Å². The van der Waals surface area contributed by atoms with Gasteiger partial charge in [-0.3, -0.25) is 4.79 Å². The predicted octanol–water partition coefficient (Wildman–Crippen LogP) is -0.298. The SMILES string of the molecule is O=C(Cn1ccnn1)NC1CC(c2cc(N3CC[C@H](O)C3)ncn2)C1. The Kier molecular flexibility index (Phi) is 4.31. The highest BCUT2D eigenvalue weighted by molar-refractivity contribution is 5.76. The maximum atomic E-state index is 12.0. The van der Waals surface area contributed by atoms with Crippen molar-refractivity contribution in [1.82, 2.24) is 30.3 Å². The zero-order valence-corrected chi connectivity index (χ0v) is 13.8. The van der Waals surface area contributed by atoms with Crippen LogP contribution < -0.4 is 10.2 Å². The van der Waals surface area contributed by atoms with Gasteiger partial charge >= 0.3 is 0 Å². The summed E-state index contributed by atoms with van der Waals surface area (Å²) in [6, 6.07) is 2.18. The van der Waals surface area contributed by atoms with Gasteiger partial charge in [0, 0.05) is 43.0 Å². The van der Waals surface area contributed by atoms with Crippen LogP contribution in [0.1, 0.15) is 30.9 Å². The van der Waals surface area contributed by atoms with Crippen LogP contribution in [-0.4, -0.2) is 61.2 Å². The Bertz CT molecular complexity index is 730. The molecule has 2 fully saturated rings. The molecule has 1 amide bonds. The van der Waals surface area contributed by atoms with E-state index in [4.69, 9.17) is 0 Å². The van der Waals surface area contributed by atoms with Gasteiger partial charge in [-0.25, -0.2) is 14.6 Å². The lowest BCUT2D eigenvalue weighted by molar-refractivity contribution is -0.123. The van der Waals surface area contributed by atoms with Crippen molar-refractivity contribution in [3.05, 3.63) is 30.5 Å². The average molecular weight is 343 g/mol. The minimum absolute atomic E-state index is 0.0524. The van der Waals surface area contributed by atoms with E-state index in [0.717, 1.165) is 37.3 Å². The smallest absolute Gasteiger partial charge is 0.242 e. The Morgan fingerprint density at radius 3 is 2.96 bits per heavy atom. The number of carbonyl (C=O) groups is 1. The molecule has 0 radical (unpaired) electrons. The first-order valence-electron chi connectivity index (χ1n) is 8.56. The van der Waals surface area contributed by atoms with E-state index in [0.29, 0.717) is 12.5 Å². The molecular weight excluding hydrogens is 322 g/mol. The van der Waals surface area contributed by atoms with Gasteiger partial charge in [0.05, 0.1) is 12.3 Å². The second kappa shape index (κ2) is 6.75. The van der Waals surface area contributed by atoms with Crippen molar-refractivity contribution in [3.8, 4) is 0 Å². The Morgan fingerprint density at radius 1 is 1.36 bits per heavy atom. The lowest BCUT2D eigenvalue weighted by Crippen LogP contribution is -2.44. The van der Waals surface area contributed by atoms with Crippen molar-refractivity contribution < 1.29 is 9.90 Å². The molecule has 4 rings (SSSR count). The molecule has 132 valence electrons. The van der Waals surface area contributed by atoms with Crippen molar-refractivity contribution in [2.45, 2.75) is 43.9 Å². The number of nitrogens with one attached hydrogen (secondary N) is 1. The molecule has 0 bridgehead atoms. The number of hydrogen-bond acceptors (Lipinski definition) is 7. The zero-order chi connectivity index (χ0) is 17.2. The van der Waals surface area contributed by atoms with Gasteiger partial charge in [0.25, 0.3) is 0 Å². The van der Waals surface area contributed by atoms with Crippen LogP contribution in [0.3, 0.4) is 0 Å². The van der Waals surface area contributed by atoms with Crippen LogP contribution in [0, 0.1) is 0 Å². The summed E-state index contributed by atoms with van der Waals surface area (Å²) < 4.78 is 1.51. The molecule has 9 nitrogen and oxygen atoms in total. The van der Waals surface area contributed by atoms with Gasteiger partial charge in [-0.05, 0) is 19.3 Å². The highest BCUT2D eigenvalue weighted by Crippen LogP contribution is 2.36.